The van der Waals surface area contributed by atoms with Crippen molar-refractivity contribution in [2.75, 3.05) is 11.9 Å². The van der Waals surface area contributed by atoms with E-state index in [1.165, 1.54) is 35.1 Å². The Kier molecular flexibility index (Phi) is 6.04. The number of alkyl halides is 2. The number of rotatable bonds is 7. The van der Waals surface area contributed by atoms with Crippen LogP contribution in [0.25, 0.3) is 0 Å². The average molecular weight is 352 g/mol. The van der Waals surface area contributed by atoms with Crippen molar-refractivity contribution in [2.45, 2.75) is 20.0 Å². The fourth-order valence-corrected chi connectivity index (χ4v) is 2.16. The van der Waals surface area contributed by atoms with Crippen molar-refractivity contribution >= 4 is 17.5 Å². The molecular formula is C16H18F2N4O3. The lowest BCUT2D eigenvalue weighted by Crippen LogP contribution is -2.27. The third-order valence-corrected chi connectivity index (χ3v) is 3.29. The van der Waals surface area contributed by atoms with Crippen LogP contribution in [0.3, 0.4) is 0 Å². The number of anilines is 1. The Morgan fingerprint density at radius 2 is 2.00 bits per heavy atom. The SMILES string of the molecule is CCCNC(=O)c1c(NC(=O)c2ccccc2OC(F)F)cnn1C. The summed E-state index contributed by atoms with van der Waals surface area (Å²) in [6.45, 7) is -0.669. The number of para-hydroxylation sites is 1. The van der Waals surface area contributed by atoms with Crippen LogP contribution in [-0.2, 0) is 7.05 Å². The summed E-state index contributed by atoms with van der Waals surface area (Å²) in [5.74, 6) is -1.33. The zero-order valence-electron chi connectivity index (χ0n) is 13.8. The van der Waals surface area contributed by atoms with Gasteiger partial charge in [0, 0.05) is 13.6 Å². The summed E-state index contributed by atoms with van der Waals surface area (Å²) in [5, 5.41) is 9.16. The molecule has 0 aliphatic rings. The van der Waals surface area contributed by atoms with Crippen LogP contribution >= 0.6 is 0 Å². The van der Waals surface area contributed by atoms with Crippen LogP contribution in [0, 0.1) is 0 Å². The standard InChI is InChI=1S/C16H18F2N4O3/c1-3-8-19-15(24)13-11(9-20-22(13)2)21-14(23)10-6-4-5-7-12(10)25-16(17)18/h4-7,9,16H,3,8H2,1-2H3,(H,19,24)(H,21,23). The number of aromatic nitrogens is 2. The molecule has 1 heterocycles. The Labute approximate surface area is 143 Å². The van der Waals surface area contributed by atoms with Crippen molar-refractivity contribution < 1.29 is 23.1 Å². The van der Waals surface area contributed by atoms with Gasteiger partial charge in [0.05, 0.1) is 17.4 Å². The van der Waals surface area contributed by atoms with Crippen LogP contribution in [0.5, 0.6) is 5.75 Å². The summed E-state index contributed by atoms with van der Waals surface area (Å²) in [6.07, 6.45) is 2.07. The molecule has 2 aromatic rings. The van der Waals surface area contributed by atoms with Gasteiger partial charge in [-0.15, -0.1) is 0 Å². The fourth-order valence-electron chi connectivity index (χ4n) is 2.16. The van der Waals surface area contributed by atoms with Crippen LogP contribution in [0.15, 0.2) is 30.5 Å². The van der Waals surface area contributed by atoms with Crippen LogP contribution < -0.4 is 15.4 Å². The Hall–Kier alpha value is -2.97. The first-order valence-corrected chi connectivity index (χ1v) is 7.59. The topological polar surface area (TPSA) is 85.2 Å². The highest BCUT2D eigenvalue weighted by molar-refractivity contribution is 6.09. The van der Waals surface area contributed by atoms with Gasteiger partial charge >= 0.3 is 6.61 Å². The third-order valence-electron chi connectivity index (χ3n) is 3.29. The number of benzene rings is 1. The summed E-state index contributed by atoms with van der Waals surface area (Å²) < 4.78 is 30.6. The number of hydrogen-bond acceptors (Lipinski definition) is 4. The van der Waals surface area contributed by atoms with E-state index in [9.17, 15) is 18.4 Å². The van der Waals surface area contributed by atoms with Crippen molar-refractivity contribution in [3.8, 4) is 5.75 Å². The zero-order chi connectivity index (χ0) is 18.4. The van der Waals surface area contributed by atoms with Gasteiger partial charge in [0.1, 0.15) is 11.4 Å². The van der Waals surface area contributed by atoms with Crippen molar-refractivity contribution in [3.05, 3.63) is 41.7 Å². The van der Waals surface area contributed by atoms with Gasteiger partial charge < -0.3 is 15.4 Å². The lowest BCUT2D eigenvalue weighted by Gasteiger charge is -2.11. The van der Waals surface area contributed by atoms with E-state index in [1.54, 1.807) is 7.05 Å². The predicted molar refractivity (Wildman–Crippen MR) is 86.9 cm³/mol. The van der Waals surface area contributed by atoms with Crippen LogP contribution in [0.2, 0.25) is 0 Å². The second-order valence-electron chi connectivity index (χ2n) is 5.12. The highest BCUT2D eigenvalue weighted by Crippen LogP contribution is 2.22. The third kappa shape index (κ3) is 4.52. The lowest BCUT2D eigenvalue weighted by atomic mass is 10.2. The molecule has 0 saturated heterocycles. The number of halogens is 2. The first-order valence-electron chi connectivity index (χ1n) is 7.59. The van der Waals surface area contributed by atoms with Crippen molar-refractivity contribution in [3.63, 3.8) is 0 Å². The minimum atomic E-state index is -3.05. The van der Waals surface area contributed by atoms with Gasteiger partial charge in [0.2, 0.25) is 0 Å². The molecule has 0 saturated carbocycles. The van der Waals surface area contributed by atoms with Gasteiger partial charge in [0.25, 0.3) is 11.8 Å². The van der Waals surface area contributed by atoms with Gasteiger partial charge in [-0.2, -0.15) is 13.9 Å². The first-order chi connectivity index (χ1) is 11.9. The molecule has 0 atom stereocenters. The van der Waals surface area contributed by atoms with Gasteiger partial charge in [-0.3, -0.25) is 14.3 Å². The number of nitrogens with zero attached hydrogens (tertiary/aromatic N) is 2. The molecule has 1 aromatic carbocycles. The molecule has 0 spiro atoms. The Balaban J connectivity index is 2.23. The summed E-state index contributed by atoms with van der Waals surface area (Å²) in [6, 6.07) is 5.60. The number of amides is 2. The normalized spacial score (nSPS) is 10.6. The highest BCUT2D eigenvalue weighted by Gasteiger charge is 2.21. The summed E-state index contributed by atoms with van der Waals surface area (Å²) >= 11 is 0. The predicted octanol–water partition coefficient (Wildman–Crippen LogP) is 2.41. The highest BCUT2D eigenvalue weighted by atomic mass is 19.3. The summed E-state index contributed by atoms with van der Waals surface area (Å²) in [4.78, 5) is 24.6. The number of hydrogen-bond donors (Lipinski definition) is 2. The number of carbonyl (C=O) groups excluding carboxylic acids is 2. The van der Waals surface area contributed by atoms with Crippen molar-refractivity contribution in [2.24, 2.45) is 7.05 Å². The summed E-state index contributed by atoms with van der Waals surface area (Å²) in [7, 11) is 1.56. The zero-order valence-corrected chi connectivity index (χ0v) is 13.8. The van der Waals surface area contributed by atoms with E-state index in [1.807, 2.05) is 6.92 Å². The molecule has 1 aromatic heterocycles. The molecule has 0 radical (unpaired) electrons. The van der Waals surface area contributed by atoms with Crippen molar-refractivity contribution in [1.82, 2.24) is 15.1 Å². The van der Waals surface area contributed by atoms with E-state index in [4.69, 9.17) is 0 Å². The van der Waals surface area contributed by atoms with E-state index >= 15 is 0 Å². The number of ether oxygens (including phenoxy) is 1. The molecule has 0 aliphatic carbocycles. The number of carbonyl (C=O) groups is 2. The van der Waals surface area contributed by atoms with Gasteiger partial charge in [-0.05, 0) is 18.6 Å². The number of nitrogens with one attached hydrogen (secondary N) is 2. The largest absolute Gasteiger partial charge is 0.434 e. The molecule has 2 N–H and O–H groups in total. The molecule has 2 rings (SSSR count). The van der Waals surface area contributed by atoms with E-state index in [0.717, 1.165) is 6.42 Å². The Bertz CT molecular complexity index is 762. The van der Waals surface area contributed by atoms with Crippen LogP contribution in [-0.4, -0.2) is 34.8 Å². The minimum absolute atomic E-state index is 0.0773. The van der Waals surface area contributed by atoms with Gasteiger partial charge in [-0.1, -0.05) is 19.1 Å². The Morgan fingerprint density at radius 1 is 1.28 bits per heavy atom. The van der Waals surface area contributed by atoms with Gasteiger partial charge in [0.15, 0.2) is 0 Å². The second-order valence-corrected chi connectivity index (χ2v) is 5.12. The van der Waals surface area contributed by atoms with E-state index in [0.29, 0.717) is 6.54 Å². The molecular weight excluding hydrogens is 334 g/mol. The molecule has 0 unspecified atom stereocenters. The second kappa shape index (κ2) is 8.22. The molecule has 0 bridgehead atoms. The number of aryl methyl sites for hydroxylation is 1. The molecule has 9 heteroatoms. The Morgan fingerprint density at radius 3 is 2.68 bits per heavy atom. The fraction of sp³-hybridized carbons (Fsp3) is 0.312. The molecule has 0 aliphatic heterocycles. The van der Waals surface area contributed by atoms with E-state index < -0.39 is 18.4 Å². The van der Waals surface area contributed by atoms with E-state index in [-0.39, 0.29) is 22.7 Å². The maximum atomic E-state index is 12.5. The van der Waals surface area contributed by atoms with Crippen LogP contribution in [0.4, 0.5) is 14.5 Å². The first kappa shape index (κ1) is 18.4. The maximum absolute atomic E-state index is 12.5. The maximum Gasteiger partial charge on any atom is 0.387 e. The van der Waals surface area contributed by atoms with Crippen molar-refractivity contribution in [1.29, 1.82) is 0 Å². The molecule has 25 heavy (non-hydrogen) atoms. The quantitative estimate of drug-likeness (QED) is 0.801. The molecule has 2 amide bonds. The molecule has 0 fully saturated rings. The minimum Gasteiger partial charge on any atom is -0.434 e. The smallest absolute Gasteiger partial charge is 0.387 e. The van der Waals surface area contributed by atoms with Gasteiger partial charge in [-0.25, -0.2) is 0 Å². The lowest BCUT2D eigenvalue weighted by molar-refractivity contribution is -0.0501. The summed E-state index contributed by atoms with van der Waals surface area (Å²) in [5.41, 5.74) is 0.258. The molecule has 134 valence electrons. The van der Waals surface area contributed by atoms with Crippen LogP contribution in [0.1, 0.15) is 34.2 Å². The average Bonchev–Trinajstić information content (AvgIpc) is 2.93. The van der Waals surface area contributed by atoms with E-state index in [2.05, 4.69) is 20.5 Å². The molecule has 7 nitrogen and oxygen atoms in total. The monoisotopic (exact) mass is 352 g/mol.